The van der Waals surface area contributed by atoms with Crippen LogP contribution in [0.15, 0.2) is 12.1 Å². The first-order chi connectivity index (χ1) is 9.16. The van der Waals surface area contributed by atoms with E-state index in [1.807, 2.05) is 6.07 Å². The van der Waals surface area contributed by atoms with Crippen LogP contribution in [-0.2, 0) is 0 Å². The number of aliphatic hydroxyl groups is 1. The molecule has 19 heavy (non-hydrogen) atoms. The summed E-state index contributed by atoms with van der Waals surface area (Å²) in [5.74, 6) is 2.24. The fourth-order valence-electron chi connectivity index (χ4n) is 2.59. The molecule has 2 atom stereocenters. The van der Waals surface area contributed by atoms with Crippen LogP contribution < -0.4 is 9.47 Å². The third-order valence-corrected chi connectivity index (χ3v) is 4.38. The summed E-state index contributed by atoms with van der Waals surface area (Å²) in [4.78, 5) is 0. The van der Waals surface area contributed by atoms with Gasteiger partial charge in [-0.3, -0.25) is 0 Å². The Balaban J connectivity index is 1.90. The second kappa shape index (κ2) is 5.22. The largest absolute Gasteiger partial charge is 0.490 e. The first-order valence-corrected chi connectivity index (χ1v) is 7.31. The van der Waals surface area contributed by atoms with Crippen LogP contribution in [0.4, 0.5) is 0 Å². The van der Waals surface area contributed by atoms with E-state index >= 15 is 0 Å². The maximum absolute atomic E-state index is 10.5. The molecular formula is C15H19ClO3. The van der Waals surface area contributed by atoms with E-state index in [9.17, 15) is 5.11 Å². The van der Waals surface area contributed by atoms with E-state index in [0.29, 0.717) is 35.7 Å². The molecule has 1 aromatic carbocycles. The van der Waals surface area contributed by atoms with Gasteiger partial charge in [-0.2, -0.15) is 0 Å². The van der Waals surface area contributed by atoms with Crippen LogP contribution in [0.2, 0.25) is 5.02 Å². The average Bonchev–Trinajstić information content (AvgIpc) is 3.23. The number of halogens is 1. The summed E-state index contributed by atoms with van der Waals surface area (Å²) in [6.45, 7) is 3.37. The summed E-state index contributed by atoms with van der Waals surface area (Å²) < 4.78 is 11.2. The Labute approximate surface area is 118 Å². The van der Waals surface area contributed by atoms with Crippen molar-refractivity contribution in [2.45, 2.75) is 32.3 Å². The summed E-state index contributed by atoms with van der Waals surface area (Å²) in [6.07, 6.45) is 2.75. The molecule has 1 aromatic rings. The number of hydrogen-bond donors (Lipinski definition) is 1. The molecule has 104 valence electrons. The highest BCUT2D eigenvalue weighted by atomic mass is 35.5. The number of fused-ring (bicyclic) bond motifs is 1. The van der Waals surface area contributed by atoms with Gasteiger partial charge in [-0.1, -0.05) is 18.5 Å². The Bertz CT molecular complexity index is 471. The van der Waals surface area contributed by atoms with Gasteiger partial charge >= 0.3 is 0 Å². The monoisotopic (exact) mass is 282 g/mol. The second-order valence-electron chi connectivity index (χ2n) is 5.51. The zero-order valence-corrected chi connectivity index (χ0v) is 11.8. The van der Waals surface area contributed by atoms with E-state index < -0.39 is 6.10 Å². The number of rotatable bonds is 3. The fraction of sp³-hybridized carbons (Fsp3) is 0.600. The maximum Gasteiger partial charge on any atom is 0.162 e. The molecule has 2 unspecified atom stereocenters. The summed E-state index contributed by atoms with van der Waals surface area (Å²) in [6, 6.07) is 3.60. The molecule has 1 aliphatic carbocycles. The van der Waals surface area contributed by atoms with E-state index in [1.165, 1.54) is 12.8 Å². The van der Waals surface area contributed by atoms with Crippen LogP contribution in [0.1, 0.15) is 37.9 Å². The lowest BCUT2D eigenvalue weighted by atomic mass is 9.93. The van der Waals surface area contributed by atoms with E-state index in [4.69, 9.17) is 21.1 Å². The number of benzene rings is 1. The Kier molecular flexibility index (Phi) is 3.59. The Morgan fingerprint density at radius 3 is 2.47 bits per heavy atom. The number of aliphatic hydroxyl groups excluding tert-OH is 1. The molecule has 0 amide bonds. The molecule has 2 aliphatic rings. The first-order valence-electron chi connectivity index (χ1n) is 6.94. The van der Waals surface area contributed by atoms with Gasteiger partial charge in [0.2, 0.25) is 0 Å². The third-order valence-electron chi connectivity index (χ3n) is 4.05. The Morgan fingerprint density at radius 1 is 1.21 bits per heavy atom. The second-order valence-corrected chi connectivity index (χ2v) is 5.92. The van der Waals surface area contributed by atoms with Gasteiger partial charge < -0.3 is 14.6 Å². The number of hydrogen-bond acceptors (Lipinski definition) is 3. The lowest BCUT2D eigenvalue weighted by Crippen LogP contribution is -2.12. The molecule has 0 aromatic heterocycles. The molecule has 0 spiro atoms. The van der Waals surface area contributed by atoms with Crippen molar-refractivity contribution in [3.63, 3.8) is 0 Å². The van der Waals surface area contributed by atoms with E-state index in [0.717, 1.165) is 12.0 Å². The van der Waals surface area contributed by atoms with Crippen molar-refractivity contribution in [2.75, 3.05) is 13.2 Å². The van der Waals surface area contributed by atoms with Crippen molar-refractivity contribution in [1.29, 1.82) is 0 Å². The van der Waals surface area contributed by atoms with Crippen molar-refractivity contribution in [1.82, 2.24) is 0 Å². The van der Waals surface area contributed by atoms with Crippen LogP contribution in [0, 0.1) is 11.8 Å². The normalized spacial score (nSPS) is 21.6. The minimum absolute atomic E-state index is 0.238. The molecule has 1 heterocycles. The van der Waals surface area contributed by atoms with Crippen LogP contribution in [0.3, 0.4) is 0 Å². The predicted molar refractivity (Wildman–Crippen MR) is 73.9 cm³/mol. The summed E-state index contributed by atoms with van der Waals surface area (Å²) in [5, 5.41) is 11.0. The fourth-order valence-corrected chi connectivity index (χ4v) is 2.85. The van der Waals surface area contributed by atoms with Gasteiger partial charge in [0, 0.05) is 18.1 Å². The highest BCUT2D eigenvalue weighted by molar-refractivity contribution is 6.31. The van der Waals surface area contributed by atoms with Crippen molar-refractivity contribution in [3.8, 4) is 11.5 Å². The minimum Gasteiger partial charge on any atom is -0.490 e. The van der Waals surface area contributed by atoms with Crippen LogP contribution in [-0.4, -0.2) is 18.3 Å². The minimum atomic E-state index is -0.530. The van der Waals surface area contributed by atoms with Crippen molar-refractivity contribution in [2.24, 2.45) is 11.8 Å². The Morgan fingerprint density at radius 2 is 1.84 bits per heavy atom. The van der Waals surface area contributed by atoms with Gasteiger partial charge in [0.15, 0.2) is 11.5 Å². The zero-order chi connectivity index (χ0) is 13.4. The lowest BCUT2D eigenvalue weighted by Gasteiger charge is -2.21. The molecule has 1 aliphatic heterocycles. The molecule has 1 fully saturated rings. The van der Waals surface area contributed by atoms with Crippen molar-refractivity contribution >= 4 is 11.6 Å². The maximum atomic E-state index is 10.5. The van der Waals surface area contributed by atoms with E-state index in [-0.39, 0.29) is 5.92 Å². The molecule has 3 nitrogen and oxygen atoms in total. The van der Waals surface area contributed by atoms with E-state index in [1.54, 1.807) is 6.07 Å². The predicted octanol–water partition coefficient (Wildman–Crippen LogP) is 3.58. The van der Waals surface area contributed by atoms with Gasteiger partial charge in [0.25, 0.3) is 0 Å². The van der Waals surface area contributed by atoms with Crippen molar-refractivity contribution < 1.29 is 14.6 Å². The summed E-state index contributed by atoms with van der Waals surface area (Å²) in [7, 11) is 0. The molecule has 1 N–H and O–H groups in total. The SMILES string of the molecule is CC(C1CC1)C(O)c1cc2c(cc1Cl)OCCCO2. The van der Waals surface area contributed by atoms with Gasteiger partial charge in [-0.25, -0.2) is 0 Å². The molecule has 4 heteroatoms. The van der Waals surface area contributed by atoms with Crippen molar-refractivity contribution in [3.05, 3.63) is 22.7 Å². The zero-order valence-electron chi connectivity index (χ0n) is 11.1. The molecule has 1 saturated carbocycles. The lowest BCUT2D eigenvalue weighted by molar-refractivity contribution is 0.105. The van der Waals surface area contributed by atoms with Crippen LogP contribution in [0.25, 0.3) is 0 Å². The van der Waals surface area contributed by atoms with Gasteiger partial charge in [0.05, 0.1) is 24.3 Å². The van der Waals surface area contributed by atoms with Gasteiger partial charge in [0.1, 0.15) is 0 Å². The first kappa shape index (κ1) is 13.1. The van der Waals surface area contributed by atoms with Crippen LogP contribution in [0.5, 0.6) is 11.5 Å². The molecule has 0 radical (unpaired) electrons. The topological polar surface area (TPSA) is 38.7 Å². The standard InChI is InChI=1S/C15H19ClO3/c1-9(10-3-4-10)15(17)11-7-13-14(8-12(11)16)19-6-2-5-18-13/h7-10,15,17H,2-6H2,1H3. The van der Waals surface area contributed by atoms with E-state index in [2.05, 4.69) is 6.92 Å². The smallest absolute Gasteiger partial charge is 0.162 e. The highest BCUT2D eigenvalue weighted by Gasteiger charge is 2.34. The summed E-state index contributed by atoms with van der Waals surface area (Å²) >= 11 is 6.28. The average molecular weight is 283 g/mol. The summed E-state index contributed by atoms with van der Waals surface area (Å²) in [5.41, 5.74) is 0.755. The number of ether oxygens (including phenoxy) is 2. The Hall–Kier alpha value is -0.930. The molecule has 0 bridgehead atoms. The molecule has 3 rings (SSSR count). The molecular weight excluding hydrogens is 264 g/mol. The van der Waals surface area contributed by atoms with Gasteiger partial charge in [-0.05, 0) is 30.7 Å². The quantitative estimate of drug-likeness (QED) is 0.921. The van der Waals surface area contributed by atoms with Gasteiger partial charge in [-0.15, -0.1) is 0 Å². The third kappa shape index (κ3) is 2.67. The van der Waals surface area contributed by atoms with Crippen LogP contribution >= 0.6 is 11.6 Å². The molecule has 0 saturated heterocycles. The highest BCUT2D eigenvalue weighted by Crippen LogP contribution is 2.45.